The Balaban J connectivity index is 1.46. The molecule has 42 heavy (non-hydrogen) atoms. The minimum atomic E-state index is -0.992. The third-order valence-electron chi connectivity index (χ3n) is 7.25. The van der Waals surface area contributed by atoms with Crippen LogP contribution in [0, 0.1) is 0 Å². The smallest absolute Gasteiger partial charge is 0.251 e. The highest BCUT2D eigenvalue weighted by atomic mass is 79.9. The lowest BCUT2D eigenvalue weighted by molar-refractivity contribution is -0.135. The van der Waals surface area contributed by atoms with Crippen LogP contribution >= 0.6 is 15.9 Å². The first-order valence-corrected chi connectivity index (χ1v) is 15.0. The molecule has 2 heterocycles. The average Bonchev–Trinajstić information content (AvgIpc) is 3.01. The molecule has 0 aliphatic carbocycles. The summed E-state index contributed by atoms with van der Waals surface area (Å²) in [5.74, 6) is -0.675. The van der Waals surface area contributed by atoms with Gasteiger partial charge in [-0.05, 0) is 83.2 Å². The van der Waals surface area contributed by atoms with Crippen molar-refractivity contribution in [2.45, 2.75) is 38.3 Å². The van der Waals surface area contributed by atoms with Gasteiger partial charge in [0.05, 0.1) is 13.0 Å². The molecule has 10 heteroatoms. The Labute approximate surface area is 255 Å². The number of ether oxygens (including phenoxy) is 1. The zero-order chi connectivity index (χ0) is 29.9. The maximum absolute atomic E-state index is 13.4. The molecule has 1 aromatic heterocycles. The summed E-state index contributed by atoms with van der Waals surface area (Å²) in [5.41, 5.74) is 3.67. The zero-order valence-corrected chi connectivity index (χ0v) is 25.7. The van der Waals surface area contributed by atoms with E-state index in [2.05, 4.69) is 55.6 Å². The number of piperidine rings is 1. The number of anilines is 1. The second-order valence-corrected chi connectivity index (χ2v) is 11.4. The predicted octanol–water partition coefficient (Wildman–Crippen LogP) is 4.73. The van der Waals surface area contributed by atoms with Gasteiger partial charge in [0, 0.05) is 49.5 Å². The number of nitrogens with zero attached hydrogens (tertiary/aromatic N) is 3. The van der Waals surface area contributed by atoms with E-state index in [-0.39, 0.29) is 12.3 Å². The summed E-state index contributed by atoms with van der Waals surface area (Å²) in [5, 5.41) is 5.56. The lowest BCUT2D eigenvalue weighted by atomic mass is 9.98. The van der Waals surface area contributed by atoms with Gasteiger partial charge in [0.15, 0.2) is 0 Å². The Morgan fingerprint density at radius 2 is 1.76 bits per heavy atom. The first-order chi connectivity index (χ1) is 20.3. The van der Waals surface area contributed by atoms with E-state index < -0.39 is 17.9 Å². The zero-order valence-electron chi connectivity index (χ0n) is 24.1. The summed E-state index contributed by atoms with van der Waals surface area (Å²) in [7, 11) is 3.75. The van der Waals surface area contributed by atoms with Crippen molar-refractivity contribution in [1.82, 2.24) is 20.1 Å². The summed E-state index contributed by atoms with van der Waals surface area (Å²) in [6.45, 7) is 3.48. The standard InChI is InChI=1S/C32H38BrN5O4/c1-37(18-19-42-2)22-25-8-4-5-9-27(25)23-10-12-24(13-11-23)31(40)35-28(32(41)38-16-6-3-7-17-38)20-30(39)36-29-15-14-26(33)21-34-29/h4-5,8-15,21,28H,3,6-7,16-20,22H2,1-2H3,(H,35,40)(H,34,36,39)/t28-/m1/s1. The Hall–Kier alpha value is -3.60. The number of amides is 3. The molecule has 2 aromatic carbocycles. The van der Waals surface area contributed by atoms with E-state index in [1.54, 1.807) is 42.5 Å². The minimum Gasteiger partial charge on any atom is -0.383 e. The lowest BCUT2D eigenvalue weighted by Crippen LogP contribution is -2.51. The van der Waals surface area contributed by atoms with Crippen LogP contribution in [-0.4, -0.2) is 78.9 Å². The molecule has 3 amide bonds. The van der Waals surface area contributed by atoms with Gasteiger partial charge in [-0.1, -0.05) is 36.4 Å². The highest BCUT2D eigenvalue weighted by Gasteiger charge is 2.29. The van der Waals surface area contributed by atoms with Gasteiger partial charge < -0.3 is 20.3 Å². The van der Waals surface area contributed by atoms with E-state index in [1.807, 2.05) is 24.3 Å². The second-order valence-electron chi connectivity index (χ2n) is 10.5. The van der Waals surface area contributed by atoms with Gasteiger partial charge in [0.1, 0.15) is 11.9 Å². The van der Waals surface area contributed by atoms with Crippen LogP contribution in [0.4, 0.5) is 5.82 Å². The topological polar surface area (TPSA) is 104 Å². The SMILES string of the molecule is COCCN(C)Cc1ccccc1-c1ccc(C(=O)N[C@H](CC(=O)Nc2ccc(Br)cn2)C(=O)N2CCCCC2)cc1. The first kappa shape index (κ1) is 31.3. The average molecular weight is 637 g/mol. The van der Waals surface area contributed by atoms with Gasteiger partial charge in [0.25, 0.3) is 5.91 Å². The third kappa shape index (κ3) is 8.95. The van der Waals surface area contributed by atoms with Crippen LogP contribution in [0.1, 0.15) is 41.6 Å². The van der Waals surface area contributed by atoms with Crippen LogP contribution in [0.2, 0.25) is 0 Å². The number of benzene rings is 2. The second kappa shape index (κ2) is 15.6. The first-order valence-electron chi connectivity index (χ1n) is 14.2. The van der Waals surface area contributed by atoms with Crippen molar-refractivity contribution in [1.29, 1.82) is 0 Å². The Kier molecular flexibility index (Phi) is 11.6. The predicted molar refractivity (Wildman–Crippen MR) is 167 cm³/mol. The number of hydrogen-bond donors (Lipinski definition) is 2. The molecule has 0 saturated carbocycles. The largest absolute Gasteiger partial charge is 0.383 e. The van der Waals surface area contributed by atoms with E-state index in [9.17, 15) is 14.4 Å². The van der Waals surface area contributed by atoms with Gasteiger partial charge in [0.2, 0.25) is 11.8 Å². The van der Waals surface area contributed by atoms with Gasteiger partial charge in [-0.25, -0.2) is 4.98 Å². The number of methoxy groups -OCH3 is 1. The number of likely N-dealkylation sites (tertiary alicyclic amines) is 1. The number of aromatic nitrogens is 1. The normalized spacial score (nSPS) is 14.0. The van der Waals surface area contributed by atoms with E-state index in [0.29, 0.717) is 31.1 Å². The molecule has 1 aliphatic rings. The molecule has 1 fully saturated rings. The number of nitrogens with one attached hydrogen (secondary N) is 2. The monoisotopic (exact) mass is 635 g/mol. The number of halogens is 1. The molecule has 1 aliphatic heterocycles. The summed E-state index contributed by atoms with van der Waals surface area (Å²) in [6, 6.07) is 18.0. The summed E-state index contributed by atoms with van der Waals surface area (Å²) >= 11 is 3.32. The van der Waals surface area contributed by atoms with Gasteiger partial charge in [-0.2, -0.15) is 0 Å². The molecule has 0 unspecified atom stereocenters. The number of carbonyl (C=O) groups is 3. The Bertz CT molecular complexity index is 1340. The molecule has 3 aromatic rings. The van der Waals surface area contributed by atoms with Gasteiger partial charge >= 0.3 is 0 Å². The van der Waals surface area contributed by atoms with Crippen LogP contribution in [0.15, 0.2) is 71.3 Å². The molecule has 0 radical (unpaired) electrons. The Morgan fingerprint density at radius 3 is 2.45 bits per heavy atom. The molecule has 4 rings (SSSR count). The van der Waals surface area contributed by atoms with E-state index in [4.69, 9.17) is 4.74 Å². The van der Waals surface area contributed by atoms with Crippen molar-refractivity contribution in [2.24, 2.45) is 0 Å². The molecular formula is C32H38BrN5O4. The molecule has 1 saturated heterocycles. The van der Waals surface area contributed by atoms with Crippen molar-refractivity contribution in [3.63, 3.8) is 0 Å². The quantitative estimate of drug-likeness (QED) is 0.298. The van der Waals surface area contributed by atoms with Crippen molar-refractivity contribution >= 4 is 39.5 Å². The molecule has 222 valence electrons. The fourth-order valence-corrected chi connectivity index (χ4v) is 5.20. The highest BCUT2D eigenvalue weighted by Crippen LogP contribution is 2.25. The van der Waals surface area contributed by atoms with Crippen molar-refractivity contribution in [3.8, 4) is 11.1 Å². The fraction of sp³-hybridized carbons (Fsp3) is 0.375. The van der Waals surface area contributed by atoms with E-state index in [0.717, 1.165) is 48.0 Å². The minimum absolute atomic E-state index is 0.194. The summed E-state index contributed by atoms with van der Waals surface area (Å²) in [4.78, 5) is 47.7. The van der Waals surface area contributed by atoms with Crippen LogP contribution < -0.4 is 10.6 Å². The van der Waals surface area contributed by atoms with E-state index >= 15 is 0 Å². The molecular weight excluding hydrogens is 598 g/mol. The van der Waals surface area contributed by atoms with Crippen LogP contribution in [-0.2, 0) is 20.9 Å². The molecule has 0 bridgehead atoms. The molecule has 1 atom stereocenters. The third-order valence-corrected chi connectivity index (χ3v) is 7.72. The number of pyridine rings is 1. The van der Waals surface area contributed by atoms with Crippen molar-refractivity contribution < 1.29 is 19.1 Å². The van der Waals surface area contributed by atoms with Crippen LogP contribution in [0.3, 0.4) is 0 Å². The van der Waals surface area contributed by atoms with Crippen molar-refractivity contribution in [2.75, 3.05) is 45.7 Å². The fourth-order valence-electron chi connectivity index (χ4n) is 4.96. The number of carbonyl (C=O) groups excluding carboxylic acids is 3. The highest BCUT2D eigenvalue weighted by molar-refractivity contribution is 9.10. The lowest BCUT2D eigenvalue weighted by Gasteiger charge is -2.30. The maximum Gasteiger partial charge on any atom is 0.251 e. The maximum atomic E-state index is 13.4. The van der Waals surface area contributed by atoms with Crippen LogP contribution in [0.25, 0.3) is 11.1 Å². The molecule has 2 N–H and O–H groups in total. The van der Waals surface area contributed by atoms with Gasteiger partial charge in [-0.3, -0.25) is 19.3 Å². The summed E-state index contributed by atoms with van der Waals surface area (Å²) in [6.07, 6.45) is 4.27. The van der Waals surface area contributed by atoms with Crippen molar-refractivity contribution in [3.05, 3.63) is 82.5 Å². The number of hydrogen-bond acceptors (Lipinski definition) is 6. The van der Waals surface area contributed by atoms with Crippen LogP contribution in [0.5, 0.6) is 0 Å². The van der Waals surface area contributed by atoms with E-state index in [1.165, 1.54) is 5.56 Å². The Morgan fingerprint density at radius 1 is 1.02 bits per heavy atom. The number of likely N-dealkylation sites (N-methyl/N-ethyl adjacent to an activating group) is 1. The summed E-state index contributed by atoms with van der Waals surface area (Å²) < 4.78 is 5.99. The molecule has 9 nitrogen and oxygen atoms in total. The molecule has 0 spiro atoms. The number of rotatable bonds is 12. The van der Waals surface area contributed by atoms with Gasteiger partial charge in [-0.15, -0.1) is 0 Å².